The Hall–Kier alpha value is -1.33. The molecular weight excluding hydrogens is 360 g/mol. The van der Waals surface area contributed by atoms with E-state index in [1.165, 1.54) is 0 Å². The van der Waals surface area contributed by atoms with Gasteiger partial charge in [0.25, 0.3) is 0 Å². The fourth-order valence-electron chi connectivity index (χ4n) is 1.87. The predicted octanol–water partition coefficient (Wildman–Crippen LogP) is 4.46. The highest BCUT2D eigenvalue weighted by atomic mass is 79.9. The molecule has 0 radical (unpaired) electrons. The summed E-state index contributed by atoms with van der Waals surface area (Å²) in [5.74, 6) is 0.823. The summed E-state index contributed by atoms with van der Waals surface area (Å²) in [6, 6.07) is 11.3. The predicted molar refractivity (Wildman–Crippen MR) is 78.6 cm³/mol. The van der Waals surface area contributed by atoms with Crippen LogP contribution in [0.2, 0.25) is 0 Å². The van der Waals surface area contributed by atoms with Crippen LogP contribution >= 0.6 is 31.9 Å². The summed E-state index contributed by atoms with van der Waals surface area (Å²) in [5, 5.41) is 10.0. The Labute approximate surface area is 120 Å². The summed E-state index contributed by atoms with van der Waals surface area (Å²) in [4.78, 5) is 7.67. The van der Waals surface area contributed by atoms with E-state index in [1.54, 1.807) is 6.07 Å². The third kappa shape index (κ3) is 1.93. The van der Waals surface area contributed by atoms with Crippen molar-refractivity contribution in [3.05, 3.63) is 45.3 Å². The molecule has 90 valence electrons. The van der Waals surface area contributed by atoms with Crippen molar-refractivity contribution >= 4 is 42.9 Å². The van der Waals surface area contributed by atoms with Crippen molar-refractivity contribution in [3.63, 3.8) is 0 Å². The van der Waals surface area contributed by atoms with Crippen molar-refractivity contribution in [2.24, 2.45) is 0 Å². The molecule has 3 aromatic rings. The highest BCUT2D eigenvalue weighted by Crippen LogP contribution is 2.37. The molecule has 3 nitrogen and oxygen atoms in total. The summed E-state index contributed by atoms with van der Waals surface area (Å²) in [6.07, 6.45) is 0. The first-order valence-electron chi connectivity index (χ1n) is 5.28. The lowest BCUT2D eigenvalue weighted by molar-refractivity contribution is 0.476. The van der Waals surface area contributed by atoms with Crippen molar-refractivity contribution in [1.82, 2.24) is 9.97 Å². The molecule has 0 atom stereocenters. The number of fused-ring (bicyclic) bond motifs is 1. The van der Waals surface area contributed by atoms with Crippen molar-refractivity contribution < 1.29 is 5.11 Å². The highest BCUT2D eigenvalue weighted by molar-refractivity contribution is 9.11. The average molecular weight is 368 g/mol. The molecule has 3 rings (SSSR count). The average Bonchev–Trinajstić information content (AvgIpc) is 2.70. The summed E-state index contributed by atoms with van der Waals surface area (Å²) in [5.41, 5.74) is 2.48. The normalized spacial score (nSPS) is 11.0. The summed E-state index contributed by atoms with van der Waals surface area (Å²) < 4.78 is 1.60. The Bertz CT molecular complexity index is 681. The van der Waals surface area contributed by atoms with Gasteiger partial charge in [0.05, 0.1) is 16.6 Å². The number of para-hydroxylation sites is 2. The second-order valence-electron chi connectivity index (χ2n) is 3.88. The van der Waals surface area contributed by atoms with Crippen LogP contribution in [0.15, 0.2) is 45.3 Å². The Balaban J connectivity index is 2.26. The van der Waals surface area contributed by atoms with Gasteiger partial charge in [-0.2, -0.15) is 0 Å². The van der Waals surface area contributed by atoms with Crippen LogP contribution in [0.4, 0.5) is 0 Å². The van der Waals surface area contributed by atoms with Crippen LogP contribution in [-0.4, -0.2) is 15.1 Å². The zero-order valence-corrected chi connectivity index (χ0v) is 12.3. The van der Waals surface area contributed by atoms with Gasteiger partial charge in [0.15, 0.2) is 0 Å². The van der Waals surface area contributed by atoms with Gasteiger partial charge in [-0.1, -0.05) is 28.1 Å². The number of nitrogens with zero attached hydrogens (tertiary/aromatic N) is 1. The number of hydrogen-bond donors (Lipinski definition) is 2. The van der Waals surface area contributed by atoms with E-state index in [0.717, 1.165) is 20.0 Å². The topological polar surface area (TPSA) is 48.9 Å². The Morgan fingerprint density at radius 1 is 1.11 bits per heavy atom. The fourth-order valence-corrected chi connectivity index (χ4v) is 3.26. The maximum atomic E-state index is 10.0. The number of aromatic amines is 1. The van der Waals surface area contributed by atoms with E-state index in [-0.39, 0.29) is 5.75 Å². The third-order valence-electron chi connectivity index (χ3n) is 2.66. The lowest BCUT2D eigenvalue weighted by Gasteiger charge is -2.05. The van der Waals surface area contributed by atoms with Crippen LogP contribution in [0.25, 0.3) is 22.4 Å². The maximum absolute atomic E-state index is 10.0. The minimum absolute atomic E-state index is 0.176. The Morgan fingerprint density at radius 2 is 1.89 bits per heavy atom. The number of imidazole rings is 1. The lowest BCUT2D eigenvalue weighted by atomic mass is 10.2. The van der Waals surface area contributed by atoms with Crippen molar-refractivity contribution in [2.75, 3.05) is 0 Å². The van der Waals surface area contributed by atoms with Gasteiger partial charge in [-0.3, -0.25) is 0 Å². The van der Waals surface area contributed by atoms with Crippen LogP contribution in [-0.2, 0) is 0 Å². The number of nitrogens with one attached hydrogen (secondary N) is 1. The van der Waals surface area contributed by atoms with E-state index in [0.29, 0.717) is 11.4 Å². The van der Waals surface area contributed by atoms with Gasteiger partial charge in [-0.05, 0) is 40.2 Å². The van der Waals surface area contributed by atoms with E-state index in [2.05, 4.69) is 41.8 Å². The molecule has 0 saturated heterocycles. The standard InChI is InChI=1S/C13H8Br2N2O/c14-7-5-8(15)12(11(18)6-7)13-16-9-3-1-2-4-10(9)17-13/h1-6,18H,(H,16,17). The summed E-state index contributed by atoms with van der Waals surface area (Å²) in [7, 11) is 0. The molecule has 2 aromatic carbocycles. The minimum atomic E-state index is 0.176. The van der Waals surface area contributed by atoms with E-state index in [9.17, 15) is 5.11 Å². The van der Waals surface area contributed by atoms with Gasteiger partial charge in [0.1, 0.15) is 11.6 Å². The van der Waals surface area contributed by atoms with Gasteiger partial charge in [0.2, 0.25) is 0 Å². The molecular formula is C13H8Br2N2O. The first-order valence-corrected chi connectivity index (χ1v) is 6.87. The molecule has 0 bridgehead atoms. The lowest BCUT2D eigenvalue weighted by Crippen LogP contribution is -1.84. The van der Waals surface area contributed by atoms with E-state index >= 15 is 0 Å². The molecule has 1 heterocycles. The largest absolute Gasteiger partial charge is 0.507 e. The highest BCUT2D eigenvalue weighted by Gasteiger charge is 2.14. The van der Waals surface area contributed by atoms with Gasteiger partial charge in [-0.25, -0.2) is 4.98 Å². The second-order valence-corrected chi connectivity index (χ2v) is 5.65. The molecule has 0 aliphatic rings. The zero-order valence-electron chi connectivity index (χ0n) is 9.11. The quantitative estimate of drug-likeness (QED) is 0.667. The zero-order chi connectivity index (χ0) is 12.7. The molecule has 1 aromatic heterocycles. The van der Waals surface area contributed by atoms with Crippen LogP contribution in [0, 0.1) is 0 Å². The third-order valence-corrected chi connectivity index (χ3v) is 3.74. The number of hydrogen-bond acceptors (Lipinski definition) is 2. The monoisotopic (exact) mass is 366 g/mol. The van der Waals surface area contributed by atoms with Crippen molar-refractivity contribution in [3.8, 4) is 17.1 Å². The number of rotatable bonds is 1. The van der Waals surface area contributed by atoms with Crippen LogP contribution in [0.5, 0.6) is 5.75 Å². The number of aromatic nitrogens is 2. The minimum Gasteiger partial charge on any atom is -0.507 e. The number of H-pyrrole nitrogens is 1. The van der Waals surface area contributed by atoms with E-state index < -0.39 is 0 Å². The van der Waals surface area contributed by atoms with Gasteiger partial charge in [0, 0.05) is 8.95 Å². The SMILES string of the molecule is Oc1cc(Br)cc(Br)c1-c1nc2ccccc2[nH]1. The number of halogens is 2. The Morgan fingerprint density at radius 3 is 2.61 bits per heavy atom. The first kappa shape index (κ1) is 11.7. The molecule has 18 heavy (non-hydrogen) atoms. The van der Waals surface area contributed by atoms with E-state index in [1.807, 2.05) is 30.3 Å². The second kappa shape index (κ2) is 4.40. The number of phenolic OH excluding ortho intramolecular Hbond substituents is 1. The van der Waals surface area contributed by atoms with Gasteiger partial charge >= 0.3 is 0 Å². The molecule has 0 saturated carbocycles. The molecule has 0 fully saturated rings. The maximum Gasteiger partial charge on any atom is 0.143 e. The number of benzene rings is 2. The molecule has 5 heteroatoms. The van der Waals surface area contributed by atoms with Gasteiger partial charge < -0.3 is 10.1 Å². The molecule has 0 unspecified atom stereocenters. The molecule has 0 aliphatic heterocycles. The molecule has 2 N–H and O–H groups in total. The fraction of sp³-hybridized carbons (Fsp3) is 0. The number of phenols is 1. The molecule has 0 amide bonds. The van der Waals surface area contributed by atoms with Crippen LogP contribution in [0.3, 0.4) is 0 Å². The van der Waals surface area contributed by atoms with Gasteiger partial charge in [-0.15, -0.1) is 0 Å². The summed E-state index contributed by atoms with van der Waals surface area (Å²) >= 11 is 6.78. The summed E-state index contributed by atoms with van der Waals surface area (Å²) in [6.45, 7) is 0. The molecule has 0 spiro atoms. The Kier molecular flexibility index (Phi) is 2.87. The van der Waals surface area contributed by atoms with Crippen LogP contribution in [0.1, 0.15) is 0 Å². The smallest absolute Gasteiger partial charge is 0.143 e. The van der Waals surface area contributed by atoms with Crippen molar-refractivity contribution in [2.45, 2.75) is 0 Å². The number of aromatic hydroxyl groups is 1. The van der Waals surface area contributed by atoms with Crippen molar-refractivity contribution in [1.29, 1.82) is 0 Å². The molecule has 0 aliphatic carbocycles. The van der Waals surface area contributed by atoms with E-state index in [4.69, 9.17) is 0 Å². The first-order chi connectivity index (χ1) is 8.65. The van der Waals surface area contributed by atoms with Crippen LogP contribution < -0.4 is 0 Å².